The molecular weight excluding hydrogens is 325 g/mol. The number of halogens is 2. The summed E-state index contributed by atoms with van der Waals surface area (Å²) < 4.78 is 11.3. The first kappa shape index (κ1) is 17.4. The molecule has 2 rings (SSSR count). The highest BCUT2D eigenvalue weighted by molar-refractivity contribution is 6.35. The maximum atomic E-state index is 12.4. The van der Waals surface area contributed by atoms with Gasteiger partial charge in [-0.25, -0.2) is 0 Å². The summed E-state index contributed by atoms with van der Waals surface area (Å²) in [7, 11) is 0. The van der Waals surface area contributed by atoms with Crippen molar-refractivity contribution in [3.63, 3.8) is 0 Å². The van der Waals surface area contributed by atoms with Gasteiger partial charge in [-0.3, -0.25) is 4.79 Å². The number of carbonyl (C=O) groups excluding carboxylic acids is 1. The fraction of sp³-hybridized carbons (Fsp3) is 0.562. The van der Waals surface area contributed by atoms with E-state index < -0.39 is 6.10 Å². The molecule has 1 aromatic carbocycles. The standard InChI is InChI=1S/C16H21Cl2NO3/c1-3-13(22-15-7-6-11(17)9-12(15)18)16(20)19-10(2)14-5-4-8-21-14/h6-7,9-10,13-14H,3-5,8H2,1-2H3,(H,19,20)/t10-,13+,14+/m1/s1. The summed E-state index contributed by atoms with van der Waals surface area (Å²) >= 11 is 11.9. The third-order valence-corrected chi connectivity index (χ3v) is 4.25. The second-order valence-electron chi connectivity index (χ2n) is 5.44. The van der Waals surface area contributed by atoms with Crippen LogP contribution in [-0.2, 0) is 9.53 Å². The molecule has 0 aliphatic carbocycles. The van der Waals surface area contributed by atoms with Crippen LogP contribution in [0.15, 0.2) is 18.2 Å². The number of carbonyl (C=O) groups is 1. The van der Waals surface area contributed by atoms with E-state index in [0.717, 1.165) is 19.4 Å². The third kappa shape index (κ3) is 4.51. The molecule has 0 spiro atoms. The van der Waals surface area contributed by atoms with Gasteiger partial charge in [-0.1, -0.05) is 30.1 Å². The molecule has 0 unspecified atom stereocenters. The molecule has 1 heterocycles. The molecular formula is C16H21Cl2NO3. The zero-order valence-electron chi connectivity index (χ0n) is 12.8. The Morgan fingerprint density at radius 2 is 2.27 bits per heavy atom. The lowest BCUT2D eigenvalue weighted by Gasteiger charge is -2.24. The number of benzene rings is 1. The van der Waals surface area contributed by atoms with E-state index in [4.69, 9.17) is 32.7 Å². The molecule has 0 aromatic heterocycles. The Balaban J connectivity index is 1.96. The van der Waals surface area contributed by atoms with Crippen LogP contribution in [0.3, 0.4) is 0 Å². The zero-order chi connectivity index (χ0) is 16.1. The molecule has 22 heavy (non-hydrogen) atoms. The number of ether oxygens (including phenoxy) is 2. The number of rotatable bonds is 6. The van der Waals surface area contributed by atoms with Gasteiger partial charge >= 0.3 is 0 Å². The van der Waals surface area contributed by atoms with Crippen molar-refractivity contribution in [3.05, 3.63) is 28.2 Å². The van der Waals surface area contributed by atoms with E-state index in [-0.39, 0.29) is 18.1 Å². The van der Waals surface area contributed by atoms with Gasteiger partial charge in [0, 0.05) is 11.6 Å². The zero-order valence-corrected chi connectivity index (χ0v) is 14.3. The van der Waals surface area contributed by atoms with Gasteiger partial charge in [-0.2, -0.15) is 0 Å². The largest absolute Gasteiger partial charge is 0.479 e. The predicted molar refractivity (Wildman–Crippen MR) is 87.7 cm³/mol. The monoisotopic (exact) mass is 345 g/mol. The lowest BCUT2D eigenvalue weighted by atomic mass is 10.1. The Labute approximate surface area is 141 Å². The van der Waals surface area contributed by atoms with Crippen LogP contribution < -0.4 is 10.1 Å². The molecule has 122 valence electrons. The molecule has 0 radical (unpaired) electrons. The predicted octanol–water partition coefficient (Wildman–Crippen LogP) is 3.83. The fourth-order valence-electron chi connectivity index (χ4n) is 2.45. The van der Waals surface area contributed by atoms with Gasteiger partial charge in [0.1, 0.15) is 5.75 Å². The van der Waals surface area contributed by atoms with Crippen molar-refractivity contribution in [1.29, 1.82) is 0 Å². The first-order valence-corrected chi connectivity index (χ1v) is 8.30. The average molecular weight is 346 g/mol. The van der Waals surface area contributed by atoms with E-state index in [1.54, 1.807) is 18.2 Å². The molecule has 0 bridgehead atoms. The fourth-order valence-corrected chi connectivity index (χ4v) is 2.91. The molecule has 1 aliphatic heterocycles. The molecule has 0 saturated carbocycles. The molecule has 3 atom stereocenters. The Bertz CT molecular complexity index is 518. The van der Waals surface area contributed by atoms with Crippen LogP contribution in [0.5, 0.6) is 5.75 Å². The Morgan fingerprint density at radius 3 is 2.86 bits per heavy atom. The number of hydrogen-bond acceptors (Lipinski definition) is 3. The smallest absolute Gasteiger partial charge is 0.261 e. The number of nitrogens with one attached hydrogen (secondary N) is 1. The molecule has 1 saturated heterocycles. The van der Waals surface area contributed by atoms with E-state index >= 15 is 0 Å². The van der Waals surface area contributed by atoms with Gasteiger partial charge in [-0.05, 0) is 44.4 Å². The third-order valence-electron chi connectivity index (χ3n) is 3.72. The topological polar surface area (TPSA) is 47.6 Å². The normalized spacial score (nSPS) is 20.5. The molecule has 1 fully saturated rings. The summed E-state index contributed by atoms with van der Waals surface area (Å²) in [6.07, 6.45) is 2.05. The molecule has 4 nitrogen and oxygen atoms in total. The van der Waals surface area contributed by atoms with Crippen LogP contribution in [0.4, 0.5) is 0 Å². The molecule has 1 aromatic rings. The minimum Gasteiger partial charge on any atom is -0.479 e. The highest BCUT2D eigenvalue weighted by Gasteiger charge is 2.27. The van der Waals surface area contributed by atoms with Crippen molar-refractivity contribution < 1.29 is 14.3 Å². The summed E-state index contributed by atoms with van der Waals surface area (Å²) in [4.78, 5) is 12.4. The molecule has 6 heteroatoms. The summed E-state index contributed by atoms with van der Waals surface area (Å²) in [6.45, 7) is 4.61. The second-order valence-corrected chi connectivity index (χ2v) is 6.28. The van der Waals surface area contributed by atoms with E-state index in [9.17, 15) is 4.79 Å². The summed E-state index contributed by atoms with van der Waals surface area (Å²) in [6, 6.07) is 4.92. The molecule has 1 amide bonds. The van der Waals surface area contributed by atoms with E-state index in [1.165, 1.54) is 0 Å². The van der Waals surface area contributed by atoms with Crippen LogP contribution in [0.1, 0.15) is 33.1 Å². The van der Waals surface area contributed by atoms with Crippen LogP contribution in [0.2, 0.25) is 10.0 Å². The minimum atomic E-state index is -0.595. The van der Waals surface area contributed by atoms with Gasteiger partial charge in [0.05, 0.1) is 17.2 Å². The number of hydrogen-bond donors (Lipinski definition) is 1. The van der Waals surface area contributed by atoms with Crippen LogP contribution in [0.25, 0.3) is 0 Å². The van der Waals surface area contributed by atoms with Gasteiger partial charge in [0.25, 0.3) is 5.91 Å². The first-order valence-electron chi connectivity index (χ1n) is 7.55. The Morgan fingerprint density at radius 1 is 1.50 bits per heavy atom. The number of amides is 1. The maximum absolute atomic E-state index is 12.4. The van der Waals surface area contributed by atoms with Gasteiger partial charge in [0.2, 0.25) is 0 Å². The lowest BCUT2D eigenvalue weighted by Crippen LogP contribution is -2.47. The highest BCUT2D eigenvalue weighted by atomic mass is 35.5. The van der Waals surface area contributed by atoms with Gasteiger partial charge in [-0.15, -0.1) is 0 Å². The van der Waals surface area contributed by atoms with Crippen molar-refractivity contribution in [2.45, 2.75) is 51.4 Å². The summed E-state index contributed by atoms with van der Waals surface area (Å²) in [5.74, 6) is 0.300. The summed E-state index contributed by atoms with van der Waals surface area (Å²) in [5, 5.41) is 3.89. The maximum Gasteiger partial charge on any atom is 0.261 e. The van der Waals surface area contributed by atoms with Crippen molar-refractivity contribution in [2.24, 2.45) is 0 Å². The van der Waals surface area contributed by atoms with E-state index in [2.05, 4.69) is 5.32 Å². The Hall–Kier alpha value is -0.970. The highest BCUT2D eigenvalue weighted by Crippen LogP contribution is 2.28. The van der Waals surface area contributed by atoms with Crippen LogP contribution >= 0.6 is 23.2 Å². The molecule has 1 aliphatic rings. The Kier molecular flexibility index (Phi) is 6.36. The van der Waals surface area contributed by atoms with Gasteiger partial charge < -0.3 is 14.8 Å². The SMILES string of the molecule is CC[C@H](Oc1ccc(Cl)cc1Cl)C(=O)N[C@H](C)[C@@H]1CCCO1. The lowest BCUT2D eigenvalue weighted by molar-refractivity contribution is -0.129. The van der Waals surface area contributed by atoms with Crippen molar-refractivity contribution in [2.75, 3.05) is 6.61 Å². The first-order chi connectivity index (χ1) is 10.5. The van der Waals surface area contributed by atoms with E-state index in [0.29, 0.717) is 22.2 Å². The van der Waals surface area contributed by atoms with Crippen molar-refractivity contribution in [1.82, 2.24) is 5.32 Å². The second kappa shape index (κ2) is 8.04. The minimum absolute atomic E-state index is 0.0339. The van der Waals surface area contributed by atoms with Crippen LogP contribution in [-0.4, -0.2) is 30.8 Å². The van der Waals surface area contributed by atoms with Crippen molar-refractivity contribution in [3.8, 4) is 5.75 Å². The summed E-state index contributed by atoms with van der Waals surface area (Å²) in [5.41, 5.74) is 0. The van der Waals surface area contributed by atoms with Crippen LogP contribution in [0, 0.1) is 0 Å². The molecule has 1 N–H and O–H groups in total. The average Bonchev–Trinajstić information content (AvgIpc) is 3.00. The van der Waals surface area contributed by atoms with E-state index in [1.807, 2.05) is 13.8 Å². The van der Waals surface area contributed by atoms with Crippen molar-refractivity contribution >= 4 is 29.1 Å². The quantitative estimate of drug-likeness (QED) is 0.852. The van der Waals surface area contributed by atoms with Gasteiger partial charge in [0.15, 0.2) is 6.10 Å².